The van der Waals surface area contributed by atoms with Crippen molar-refractivity contribution >= 4 is 5.69 Å². The molecule has 0 aliphatic carbocycles. The van der Waals surface area contributed by atoms with Crippen LogP contribution in [0.3, 0.4) is 0 Å². The number of hydrogen-bond donors (Lipinski definition) is 2. The molecule has 0 saturated carbocycles. The number of nitrogen functional groups attached to an aromatic ring is 1. The van der Waals surface area contributed by atoms with Crippen LogP contribution < -0.4 is 5.73 Å². The van der Waals surface area contributed by atoms with Gasteiger partial charge in [-0.15, -0.1) is 5.10 Å². The maximum atomic E-state index is 11.8. The minimum absolute atomic E-state index is 0.279. The second-order valence-electron chi connectivity index (χ2n) is 8.19. The first kappa shape index (κ1) is 19.2. The number of rotatable bonds is 4. The fourth-order valence-corrected chi connectivity index (χ4v) is 4.20. The molecule has 0 spiro atoms. The average molecular weight is 408 g/mol. The van der Waals surface area contributed by atoms with Crippen LogP contribution in [0.25, 0.3) is 11.3 Å². The number of benzene rings is 2. The third-order valence-electron chi connectivity index (χ3n) is 5.59. The number of anilines is 1. The van der Waals surface area contributed by atoms with Crippen LogP contribution in [-0.2, 0) is 26.4 Å². The largest absolute Gasteiger partial charge is 0.399 e. The topological polar surface area (TPSA) is 105 Å². The van der Waals surface area contributed by atoms with Crippen molar-refractivity contribution in [2.45, 2.75) is 50.3 Å². The molecule has 8 heteroatoms. The van der Waals surface area contributed by atoms with Crippen LogP contribution >= 0.6 is 0 Å². The summed E-state index contributed by atoms with van der Waals surface area (Å²) in [6.45, 7) is 3.90. The Morgan fingerprint density at radius 3 is 2.67 bits per heavy atom. The van der Waals surface area contributed by atoms with Crippen LogP contribution in [0.2, 0.25) is 0 Å². The van der Waals surface area contributed by atoms with Crippen molar-refractivity contribution in [2.75, 3.05) is 5.73 Å². The molecule has 0 bridgehead atoms. The van der Waals surface area contributed by atoms with Gasteiger partial charge in [0.2, 0.25) is 0 Å². The van der Waals surface area contributed by atoms with E-state index in [0.717, 1.165) is 5.56 Å². The van der Waals surface area contributed by atoms with E-state index in [1.54, 1.807) is 4.68 Å². The van der Waals surface area contributed by atoms with E-state index in [1.165, 1.54) is 0 Å². The van der Waals surface area contributed by atoms with E-state index in [0.29, 0.717) is 16.9 Å². The molecular formula is C22H24N4O4. The second kappa shape index (κ2) is 6.88. The maximum absolute atomic E-state index is 11.8. The highest BCUT2D eigenvalue weighted by Gasteiger charge is 2.63. The van der Waals surface area contributed by atoms with Crippen molar-refractivity contribution in [3.05, 3.63) is 66.4 Å². The first-order valence-corrected chi connectivity index (χ1v) is 9.90. The van der Waals surface area contributed by atoms with Crippen molar-refractivity contribution in [1.82, 2.24) is 15.0 Å². The molecule has 0 radical (unpaired) electrons. The number of nitrogens with zero attached hydrogens (tertiary/aromatic N) is 3. The van der Waals surface area contributed by atoms with Crippen LogP contribution in [0, 0.1) is 0 Å². The highest BCUT2D eigenvalue weighted by Crippen LogP contribution is 2.48. The number of nitrogens with two attached hydrogens (primary N) is 1. The van der Waals surface area contributed by atoms with Crippen LogP contribution in [0.4, 0.5) is 5.69 Å². The summed E-state index contributed by atoms with van der Waals surface area (Å²) in [5, 5.41) is 20.3. The van der Waals surface area contributed by atoms with Gasteiger partial charge in [0.05, 0.1) is 12.7 Å². The molecular weight excluding hydrogens is 384 g/mol. The molecule has 30 heavy (non-hydrogen) atoms. The van der Waals surface area contributed by atoms with Gasteiger partial charge in [0.25, 0.3) is 0 Å². The molecule has 0 unspecified atom stereocenters. The molecule has 2 fully saturated rings. The average Bonchev–Trinajstić information content (AvgIpc) is 3.37. The standard InChI is InChI=1S/C22H24N4O4/c1-21(2)29-19-20(30-21)28-18(22(19,27)15-8-4-3-5-9-15)13-26-12-17(24-25-26)14-7-6-10-16(23)11-14/h3-12,18-20,27H,13,23H2,1-2H3/t18-,19+,20+,22-/m1/s1. The van der Waals surface area contributed by atoms with Crippen LogP contribution in [-0.4, -0.2) is 44.4 Å². The lowest BCUT2D eigenvalue weighted by Gasteiger charge is -2.34. The fraction of sp³-hybridized carbons (Fsp3) is 0.364. The predicted octanol–water partition coefficient (Wildman–Crippen LogP) is 2.29. The quantitative estimate of drug-likeness (QED) is 0.638. The number of fused-ring (bicyclic) bond motifs is 1. The normalized spacial score (nSPS) is 29.8. The highest BCUT2D eigenvalue weighted by atomic mass is 16.8. The van der Waals surface area contributed by atoms with Gasteiger partial charge in [-0.2, -0.15) is 0 Å². The Morgan fingerprint density at radius 1 is 1.10 bits per heavy atom. The molecule has 0 amide bonds. The molecule has 2 saturated heterocycles. The lowest BCUT2D eigenvalue weighted by molar-refractivity contribution is -0.233. The molecule has 3 heterocycles. The van der Waals surface area contributed by atoms with Crippen molar-refractivity contribution < 1.29 is 19.3 Å². The number of hydrogen-bond acceptors (Lipinski definition) is 7. The Hall–Kier alpha value is -2.78. The minimum Gasteiger partial charge on any atom is -0.399 e. The van der Waals surface area contributed by atoms with Gasteiger partial charge in [0, 0.05) is 11.3 Å². The van der Waals surface area contributed by atoms with E-state index in [-0.39, 0.29) is 6.54 Å². The monoisotopic (exact) mass is 408 g/mol. The van der Waals surface area contributed by atoms with Gasteiger partial charge >= 0.3 is 0 Å². The van der Waals surface area contributed by atoms with Gasteiger partial charge in [-0.25, -0.2) is 4.68 Å². The summed E-state index contributed by atoms with van der Waals surface area (Å²) in [6, 6.07) is 16.9. The van der Waals surface area contributed by atoms with Gasteiger partial charge in [0.15, 0.2) is 12.1 Å². The van der Waals surface area contributed by atoms with Crippen LogP contribution in [0.1, 0.15) is 19.4 Å². The summed E-state index contributed by atoms with van der Waals surface area (Å²) < 4.78 is 19.7. The third kappa shape index (κ3) is 3.18. The van der Waals surface area contributed by atoms with Crippen LogP contribution in [0.15, 0.2) is 60.8 Å². The summed E-state index contributed by atoms with van der Waals surface area (Å²) in [4.78, 5) is 0. The Labute approximate surface area is 174 Å². The molecule has 3 aromatic rings. The molecule has 1 aromatic heterocycles. The first-order chi connectivity index (χ1) is 14.3. The summed E-state index contributed by atoms with van der Waals surface area (Å²) in [6.07, 6.45) is -0.158. The molecule has 5 rings (SSSR count). The van der Waals surface area contributed by atoms with Crippen molar-refractivity contribution in [3.63, 3.8) is 0 Å². The predicted molar refractivity (Wildman–Crippen MR) is 109 cm³/mol. The summed E-state index contributed by atoms with van der Waals surface area (Å²) >= 11 is 0. The highest BCUT2D eigenvalue weighted by molar-refractivity contribution is 5.62. The summed E-state index contributed by atoms with van der Waals surface area (Å²) in [5.74, 6) is -0.837. The smallest absolute Gasteiger partial charge is 0.191 e. The van der Waals surface area contributed by atoms with Crippen LogP contribution in [0.5, 0.6) is 0 Å². The van der Waals surface area contributed by atoms with E-state index in [2.05, 4.69) is 10.3 Å². The Morgan fingerprint density at radius 2 is 1.90 bits per heavy atom. The lowest BCUT2D eigenvalue weighted by atomic mass is 9.84. The van der Waals surface area contributed by atoms with Gasteiger partial charge in [-0.3, -0.25) is 0 Å². The van der Waals surface area contributed by atoms with E-state index in [9.17, 15) is 5.11 Å². The SMILES string of the molecule is CC1(C)O[C@@H]2O[C@H](Cn3cc(-c4cccc(N)c4)nn3)[C@](O)(c3ccccc3)[C@H]2O1. The van der Waals surface area contributed by atoms with Gasteiger partial charge in [-0.05, 0) is 31.5 Å². The van der Waals surface area contributed by atoms with E-state index < -0.39 is 29.9 Å². The lowest BCUT2D eigenvalue weighted by Crippen LogP contribution is -2.47. The Balaban J connectivity index is 1.45. The molecule has 2 aliphatic rings. The zero-order valence-corrected chi connectivity index (χ0v) is 16.8. The molecule has 8 nitrogen and oxygen atoms in total. The zero-order valence-electron chi connectivity index (χ0n) is 16.8. The zero-order chi connectivity index (χ0) is 20.9. The molecule has 156 valence electrons. The maximum Gasteiger partial charge on any atom is 0.191 e. The molecule has 4 atom stereocenters. The van der Waals surface area contributed by atoms with E-state index >= 15 is 0 Å². The number of aromatic nitrogens is 3. The van der Waals surface area contributed by atoms with E-state index in [4.69, 9.17) is 19.9 Å². The molecule has 3 N–H and O–H groups in total. The number of ether oxygens (including phenoxy) is 3. The van der Waals surface area contributed by atoms with Crippen molar-refractivity contribution in [3.8, 4) is 11.3 Å². The molecule has 2 aliphatic heterocycles. The fourth-order valence-electron chi connectivity index (χ4n) is 4.20. The van der Waals surface area contributed by atoms with Gasteiger partial charge < -0.3 is 25.1 Å². The van der Waals surface area contributed by atoms with Gasteiger partial charge in [0.1, 0.15) is 23.5 Å². The summed E-state index contributed by atoms with van der Waals surface area (Å²) in [5.41, 5.74) is 7.40. The second-order valence-corrected chi connectivity index (χ2v) is 8.19. The van der Waals surface area contributed by atoms with Crippen molar-refractivity contribution in [2.24, 2.45) is 0 Å². The third-order valence-corrected chi connectivity index (χ3v) is 5.59. The minimum atomic E-state index is -1.40. The van der Waals surface area contributed by atoms with E-state index in [1.807, 2.05) is 74.6 Å². The first-order valence-electron chi connectivity index (χ1n) is 9.90. The Kier molecular flexibility index (Phi) is 4.41. The van der Waals surface area contributed by atoms with Gasteiger partial charge in [-0.1, -0.05) is 47.7 Å². The molecule has 2 aromatic carbocycles. The Bertz CT molecular complexity index is 1050. The van der Waals surface area contributed by atoms with Crippen molar-refractivity contribution in [1.29, 1.82) is 0 Å². The summed E-state index contributed by atoms with van der Waals surface area (Å²) in [7, 11) is 0. The number of aliphatic hydroxyl groups is 1.